The van der Waals surface area contributed by atoms with Crippen LogP contribution in [-0.2, 0) is 7.05 Å². The fourth-order valence-electron chi connectivity index (χ4n) is 5.03. The van der Waals surface area contributed by atoms with Crippen molar-refractivity contribution in [3.05, 3.63) is 76.3 Å². The van der Waals surface area contributed by atoms with Crippen LogP contribution in [0.2, 0.25) is 0 Å². The minimum Gasteiger partial charge on any atom is -0.363 e. The summed E-state index contributed by atoms with van der Waals surface area (Å²) in [5.74, 6) is -2.53. The van der Waals surface area contributed by atoms with Crippen LogP contribution in [-0.4, -0.2) is 50.6 Å². The van der Waals surface area contributed by atoms with Crippen molar-refractivity contribution >= 4 is 28.2 Å². The number of carbonyl (C=O) groups excluding carboxylic acids is 1. The molecule has 4 heterocycles. The van der Waals surface area contributed by atoms with E-state index < -0.39 is 28.8 Å². The Morgan fingerprint density at radius 2 is 1.91 bits per heavy atom. The molecule has 35 heavy (non-hydrogen) atoms. The standard InChI is InChI=1S/C24H21F2N7O2/c1-31-20-7-5-18(22(15(20)11-28-31)32-12-13-9-14(32)10-27-13)29-24(35)19-6-8-21(34)33(30-19)23-16(25)3-2-4-17(23)26/h2-8,11,13-14,27H,9-10,12H2,1H3,(H,29,35)/t13-,14-/m0/s1. The zero-order chi connectivity index (χ0) is 24.3. The molecule has 4 aromatic rings. The third-order valence-corrected chi connectivity index (χ3v) is 6.68. The van der Waals surface area contributed by atoms with E-state index in [1.807, 2.05) is 19.2 Å². The summed E-state index contributed by atoms with van der Waals surface area (Å²) in [6.45, 7) is 1.66. The Morgan fingerprint density at radius 3 is 2.63 bits per heavy atom. The number of aromatic nitrogens is 4. The number of carbonyl (C=O) groups is 1. The number of halogens is 2. The number of amides is 1. The van der Waals surface area contributed by atoms with Gasteiger partial charge in [-0.3, -0.25) is 14.3 Å². The molecule has 1 amide bonds. The highest BCUT2D eigenvalue weighted by Gasteiger charge is 2.39. The lowest BCUT2D eigenvalue weighted by atomic mass is 10.1. The van der Waals surface area contributed by atoms with Crippen LogP contribution < -0.4 is 21.1 Å². The fraction of sp³-hybridized carbons (Fsp3) is 0.250. The summed E-state index contributed by atoms with van der Waals surface area (Å²) in [5.41, 5.74) is 0.810. The Hall–Kier alpha value is -4.12. The van der Waals surface area contributed by atoms with E-state index in [1.165, 1.54) is 12.1 Å². The molecule has 9 nitrogen and oxygen atoms in total. The van der Waals surface area contributed by atoms with Crippen LogP contribution in [0.4, 0.5) is 20.2 Å². The normalized spacial score (nSPS) is 19.0. The number of para-hydroxylation sites is 1. The third kappa shape index (κ3) is 3.46. The molecule has 2 aromatic carbocycles. The van der Waals surface area contributed by atoms with Gasteiger partial charge in [0.1, 0.15) is 11.4 Å². The largest absolute Gasteiger partial charge is 0.363 e. The van der Waals surface area contributed by atoms with Crippen LogP contribution in [0.25, 0.3) is 16.6 Å². The summed E-state index contributed by atoms with van der Waals surface area (Å²) in [5, 5.41) is 15.6. The van der Waals surface area contributed by atoms with E-state index in [-0.39, 0.29) is 5.69 Å². The second-order valence-electron chi connectivity index (χ2n) is 8.80. The molecule has 0 saturated carbocycles. The highest BCUT2D eigenvalue weighted by Crippen LogP contribution is 2.40. The van der Waals surface area contributed by atoms with Crippen LogP contribution in [0.15, 0.2) is 53.5 Å². The summed E-state index contributed by atoms with van der Waals surface area (Å²) in [6, 6.07) is 9.89. The Bertz CT molecular complexity index is 1530. The lowest BCUT2D eigenvalue weighted by molar-refractivity contribution is 0.102. The van der Waals surface area contributed by atoms with Crippen molar-refractivity contribution in [2.45, 2.75) is 18.5 Å². The summed E-state index contributed by atoms with van der Waals surface area (Å²) in [4.78, 5) is 27.8. The minimum atomic E-state index is -0.959. The first kappa shape index (κ1) is 21.4. The molecule has 2 N–H and O–H groups in total. The Balaban J connectivity index is 1.40. The molecule has 2 saturated heterocycles. The summed E-state index contributed by atoms with van der Waals surface area (Å²) in [7, 11) is 1.86. The number of hydrogen-bond donors (Lipinski definition) is 2. The maximum absolute atomic E-state index is 14.3. The molecule has 2 aromatic heterocycles. The SMILES string of the molecule is Cn1ncc2c(N3C[C@@H]4C[C@H]3CN4)c(NC(=O)c3ccc(=O)n(-c4c(F)cccc4F)n3)ccc21. The maximum Gasteiger partial charge on any atom is 0.276 e. The Kier molecular flexibility index (Phi) is 4.88. The van der Waals surface area contributed by atoms with Crippen molar-refractivity contribution < 1.29 is 13.6 Å². The summed E-state index contributed by atoms with van der Waals surface area (Å²) >= 11 is 0. The number of benzene rings is 2. The maximum atomic E-state index is 14.3. The molecule has 2 atom stereocenters. The number of piperazine rings is 1. The van der Waals surface area contributed by atoms with Crippen molar-refractivity contribution in [3.8, 4) is 5.69 Å². The zero-order valence-electron chi connectivity index (χ0n) is 18.7. The molecule has 0 unspecified atom stereocenters. The van der Waals surface area contributed by atoms with Crippen molar-refractivity contribution in [3.63, 3.8) is 0 Å². The number of fused-ring (bicyclic) bond motifs is 3. The molecule has 2 bridgehead atoms. The van der Waals surface area contributed by atoms with Crippen molar-refractivity contribution in [1.82, 2.24) is 24.9 Å². The van der Waals surface area contributed by atoms with E-state index in [0.29, 0.717) is 22.5 Å². The van der Waals surface area contributed by atoms with Gasteiger partial charge in [-0.25, -0.2) is 8.78 Å². The highest BCUT2D eigenvalue weighted by atomic mass is 19.1. The molecule has 6 rings (SSSR count). The number of nitrogens with one attached hydrogen (secondary N) is 2. The first-order valence-corrected chi connectivity index (χ1v) is 11.2. The van der Waals surface area contributed by atoms with Crippen LogP contribution >= 0.6 is 0 Å². The number of anilines is 2. The highest BCUT2D eigenvalue weighted by molar-refractivity contribution is 6.09. The molecular weight excluding hydrogens is 456 g/mol. The third-order valence-electron chi connectivity index (χ3n) is 6.68. The lowest BCUT2D eigenvalue weighted by Crippen LogP contribution is -2.44. The first-order chi connectivity index (χ1) is 16.9. The van der Waals surface area contributed by atoms with Gasteiger partial charge in [-0.05, 0) is 36.8 Å². The van der Waals surface area contributed by atoms with Gasteiger partial charge in [0.2, 0.25) is 0 Å². The number of aryl methyl sites for hydroxylation is 1. The van der Waals surface area contributed by atoms with Gasteiger partial charge < -0.3 is 15.5 Å². The molecule has 2 fully saturated rings. The smallest absolute Gasteiger partial charge is 0.276 e. The average molecular weight is 477 g/mol. The fourth-order valence-corrected chi connectivity index (χ4v) is 5.03. The molecular formula is C24H21F2N7O2. The quantitative estimate of drug-likeness (QED) is 0.468. The van der Waals surface area contributed by atoms with Crippen molar-refractivity contribution in [1.29, 1.82) is 0 Å². The van der Waals surface area contributed by atoms with Crippen molar-refractivity contribution in [2.24, 2.45) is 7.05 Å². The molecule has 11 heteroatoms. The van der Waals surface area contributed by atoms with E-state index >= 15 is 0 Å². The monoisotopic (exact) mass is 477 g/mol. The second-order valence-corrected chi connectivity index (χ2v) is 8.80. The predicted molar refractivity (Wildman–Crippen MR) is 126 cm³/mol. The van der Waals surface area contributed by atoms with Gasteiger partial charge >= 0.3 is 0 Å². The Morgan fingerprint density at radius 1 is 1.11 bits per heavy atom. The predicted octanol–water partition coefficient (Wildman–Crippen LogP) is 2.20. The molecule has 0 radical (unpaired) electrons. The number of hydrogen-bond acceptors (Lipinski definition) is 6. The lowest BCUT2D eigenvalue weighted by Gasteiger charge is -2.31. The van der Waals surface area contributed by atoms with Gasteiger partial charge in [0, 0.05) is 43.7 Å². The summed E-state index contributed by atoms with van der Waals surface area (Å²) in [6.07, 6.45) is 2.80. The van der Waals surface area contributed by atoms with Gasteiger partial charge in [0.25, 0.3) is 11.5 Å². The van der Waals surface area contributed by atoms with Gasteiger partial charge in [-0.2, -0.15) is 14.9 Å². The van der Waals surface area contributed by atoms with E-state index in [2.05, 4.69) is 25.7 Å². The average Bonchev–Trinajstić information content (AvgIpc) is 3.56. The molecule has 2 aliphatic heterocycles. The molecule has 2 aliphatic rings. The number of rotatable bonds is 4. The number of nitrogens with zero attached hydrogens (tertiary/aromatic N) is 5. The van der Waals surface area contributed by atoms with Crippen LogP contribution in [0.3, 0.4) is 0 Å². The minimum absolute atomic E-state index is 0.158. The van der Waals surface area contributed by atoms with E-state index in [9.17, 15) is 18.4 Å². The summed E-state index contributed by atoms with van der Waals surface area (Å²) < 4.78 is 30.9. The van der Waals surface area contributed by atoms with Gasteiger partial charge in [-0.1, -0.05) is 6.07 Å². The van der Waals surface area contributed by atoms with Crippen molar-refractivity contribution in [2.75, 3.05) is 23.3 Å². The molecule has 178 valence electrons. The van der Waals surface area contributed by atoms with E-state index in [0.717, 1.165) is 54.3 Å². The van der Waals surface area contributed by atoms with E-state index in [4.69, 9.17) is 0 Å². The van der Waals surface area contributed by atoms with Crippen LogP contribution in [0.1, 0.15) is 16.9 Å². The van der Waals surface area contributed by atoms with Gasteiger partial charge in [0.15, 0.2) is 11.6 Å². The van der Waals surface area contributed by atoms with Gasteiger partial charge in [0.05, 0.1) is 23.1 Å². The topological polar surface area (TPSA) is 97.1 Å². The van der Waals surface area contributed by atoms with E-state index in [1.54, 1.807) is 10.9 Å². The molecule has 0 spiro atoms. The zero-order valence-corrected chi connectivity index (χ0v) is 18.7. The van der Waals surface area contributed by atoms with Crippen LogP contribution in [0.5, 0.6) is 0 Å². The van der Waals surface area contributed by atoms with Crippen LogP contribution in [0, 0.1) is 11.6 Å². The van der Waals surface area contributed by atoms with Gasteiger partial charge in [-0.15, -0.1) is 0 Å². The second kappa shape index (κ2) is 7.98. The molecule has 0 aliphatic carbocycles. The first-order valence-electron chi connectivity index (χ1n) is 11.2. The Labute approximate surface area is 198 Å².